The molecule has 0 unspecified atom stereocenters. The summed E-state index contributed by atoms with van der Waals surface area (Å²) in [7, 11) is 1.58. The zero-order chi connectivity index (χ0) is 13.7. The topological polar surface area (TPSA) is 74.5 Å². The number of methoxy groups -OCH3 is 1. The van der Waals surface area contributed by atoms with Crippen LogP contribution in [-0.2, 0) is 6.61 Å². The van der Waals surface area contributed by atoms with Crippen molar-refractivity contribution < 1.29 is 14.4 Å². The van der Waals surface area contributed by atoms with E-state index in [0.717, 1.165) is 5.56 Å². The van der Waals surface area contributed by atoms with Gasteiger partial charge in [-0.1, -0.05) is 12.1 Å². The first-order chi connectivity index (χ1) is 9.20. The average Bonchev–Trinajstić information content (AvgIpc) is 2.45. The van der Waals surface area contributed by atoms with E-state index in [1.54, 1.807) is 13.2 Å². The van der Waals surface area contributed by atoms with Crippen LogP contribution in [0.2, 0.25) is 0 Å². The second-order valence-corrected chi connectivity index (χ2v) is 3.72. The Labute approximate surface area is 109 Å². The zero-order valence-corrected chi connectivity index (χ0v) is 10.3. The zero-order valence-electron chi connectivity index (χ0n) is 10.3. The van der Waals surface area contributed by atoms with Gasteiger partial charge in [0.15, 0.2) is 0 Å². The quantitative estimate of drug-likeness (QED) is 0.610. The molecule has 0 bridgehead atoms. The van der Waals surface area contributed by atoms with Crippen molar-refractivity contribution in [2.75, 3.05) is 7.11 Å². The van der Waals surface area contributed by atoms with E-state index in [9.17, 15) is 10.1 Å². The number of pyridine rings is 1. The standard InChI is InChI=1S/C13H12N2O4/c1-18-11-5-2-4-10(8-11)9-19-12-6-3-7-14-13(12)15(16)17/h2-8H,9H2,1H3. The molecular weight excluding hydrogens is 248 g/mol. The molecule has 0 aliphatic carbocycles. The molecule has 6 heteroatoms. The summed E-state index contributed by atoms with van der Waals surface area (Å²) in [5.41, 5.74) is 0.859. The number of hydrogen-bond acceptors (Lipinski definition) is 5. The molecule has 0 atom stereocenters. The number of aromatic nitrogens is 1. The summed E-state index contributed by atoms with van der Waals surface area (Å²) in [6.45, 7) is 0.212. The lowest BCUT2D eigenvalue weighted by molar-refractivity contribution is -0.390. The Kier molecular flexibility index (Phi) is 3.92. The number of rotatable bonds is 5. The van der Waals surface area contributed by atoms with Crippen molar-refractivity contribution in [1.29, 1.82) is 0 Å². The van der Waals surface area contributed by atoms with Gasteiger partial charge in [0.2, 0.25) is 5.75 Å². The molecule has 0 N–H and O–H groups in total. The van der Waals surface area contributed by atoms with Crippen LogP contribution < -0.4 is 9.47 Å². The summed E-state index contributed by atoms with van der Waals surface area (Å²) in [5.74, 6) is 0.572. The van der Waals surface area contributed by atoms with Crippen molar-refractivity contribution >= 4 is 5.82 Å². The number of nitro groups is 1. The van der Waals surface area contributed by atoms with Gasteiger partial charge in [0.1, 0.15) is 18.6 Å². The van der Waals surface area contributed by atoms with E-state index >= 15 is 0 Å². The van der Waals surface area contributed by atoms with E-state index in [1.165, 1.54) is 12.3 Å². The highest BCUT2D eigenvalue weighted by Crippen LogP contribution is 2.24. The normalized spacial score (nSPS) is 9.95. The van der Waals surface area contributed by atoms with Crippen molar-refractivity contribution in [2.24, 2.45) is 0 Å². The SMILES string of the molecule is COc1cccc(COc2cccnc2[N+](=O)[O-])c1. The van der Waals surface area contributed by atoms with E-state index in [-0.39, 0.29) is 18.2 Å². The van der Waals surface area contributed by atoms with E-state index < -0.39 is 4.92 Å². The van der Waals surface area contributed by atoms with Crippen molar-refractivity contribution in [3.63, 3.8) is 0 Å². The Balaban J connectivity index is 2.12. The summed E-state index contributed by atoms with van der Waals surface area (Å²) >= 11 is 0. The Hall–Kier alpha value is -2.63. The fraction of sp³-hybridized carbons (Fsp3) is 0.154. The van der Waals surface area contributed by atoms with Crippen LogP contribution in [0.4, 0.5) is 5.82 Å². The first-order valence-electron chi connectivity index (χ1n) is 5.56. The lowest BCUT2D eigenvalue weighted by atomic mass is 10.2. The van der Waals surface area contributed by atoms with Gasteiger partial charge in [-0.25, -0.2) is 0 Å². The Morgan fingerprint density at radius 3 is 2.89 bits per heavy atom. The lowest BCUT2D eigenvalue weighted by Crippen LogP contribution is -2.00. The van der Waals surface area contributed by atoms with Gasteiger partial charge >= 0.3 is 5.82 Å². The van der Waals surface area contributed by atoms with Gasteiger partial charge in [-0.3, -0.25) is 0 Å². The van der Waals surface area contributed by atoms with E-state index in [2.05, 4.69) is 4.98 Å². The van der Waals surface area contributed by atoms with Crippen LogP contribution in [0.25, 0.3) is 0 Å². The van der Waals surface area contributed by atoms with Crippen LogP contribution in [0.1, 0.15) is 5.56 Å². The fourth-order valence-corrected chi connectivity index (χ4v) is 1.56. The largest absolute Gasteiger partial charge is 0.497 e. The van der Waals surface area contributed by atoms with E-state index in [1.807, 2.05) is 24.3 Å². The summed E-state index contributed by atoms with van der Waals surface area (Å²) in [6.07, 6.45) is 1.36. The third-order valence-electron chi connectivity index (χ3n) is 2.45. The molecule has 6 nitrogen and oxygen atoms in total. The van der Waals surface area contributed by atoms with Crippen LogP contribution in [0.3, 0.4) is 0 Å². The summed E-state index contributed by atoms with van der Waals surface area (Å²) in [4.78, 5) is 13.9. The molecular formula is C13H12N2O4. The third kappa shape index (κ3) is 3.19. The highest BCUT2D eigenvalue weighted by Gasteiger charge is 2.15. The number of hydrogen-bond donors (Lipinski definition) is 0. The first-order valence-corrected chi connectivity index (χ1v) is 5.56. The summed E-state index contributed by atoms with van der Waals surface area (Å²) in [6, 6.07) is 10.4. The Bertz CT molecular complexity index is 586. The Morgan fingerprint density at radius 1 is 1.32 bits per heavy atom. The maximum atomic E-state index is 10.8. The molecule has 0 spiro atoms. The van der Waals surface area contributed by atoms with Gasteiger partial charge in [0.05, 0.1) is 7.11 Å². The smallest absolute Gasteiger partial charge is 0.406 e. The van der Waals surface area contributed by atoms with Crippen molar-refractivity contribution in [3.05, 3.63) is 58.3 Å². The maximum absolute atomic E-state index is 10.8. The minimum atomic E-state index is -0.569. The van der Waals surface area contributed by atoms with Crippen LogP contribution in [0.5, 0.6) is 11.5 Å². The molecule has 0 fully saturated rings. The third-order valence-corrected chi connectivity index (χ3v) is 2.45. The van der Waals surface area contributed by atoms with Gasteiger partial charge in [0.25, 0.3) is 0 Å². The predicted molar refractivity (Wildman–Crippen MR) is 68.2 cm³/mol. The van der Waals surface area contributed by atoms with Gasteiger partial charge in [-0.05, 0) is 39.7 Å². The molecule has 2 rings (SSSR count). The Morgan fingerprint density at radius 2 is 2.16 bits per heavy atom. The molecule has 0 aliphatic heterocycles. The molecule has 2 aromatic rings. The molecule has 1 aromatic heterocycles. The average molecular weight is 260 g/mol. The summed E-state index contributed by atoms with van der Waals surface area (Å²) in [5, 5.41) is 10.8. The highest BCUT2D eigenvalue weighted by molar-refractivity contribution is 5.38. The molecule has 98 valence electrons. The minimum absolute atomic E-state index is 0.148. The second-order valence-electron chi connectivity index (χ2n) is 3.72. The minimum Gasteiger partial charge on any atom is -0.497 e. The van der Waals surface area contributed by atoms with Crippen LogP contribution in [-0.4, -0.2) is 17.0 Å². The van der Waals surface area contributed by atoms with Crippen molar-refractivity contribution in [2.45, 2.75) is 6.61 Å². The van der Waals surface area contributed by atoms with Gasteiger partial charge in [-0.15, -0.1) is 0 Å². The number of nitrogens with zero attached hydrogens (tertiary/aromatic N) is 2. The number of ether oxygens (including phenoxy) is 2. The van der Waals surface area contributed by atoms with Gasteiger partial charge < -0.3 is 19.6 Å². The molecule has 0 saturated carbocycles. The van der Waals surface area contributed by atoms with Crippen LogP contribution >= 0.6 is 0 Å². The second kappa shape index (κ2) is 5.81. The number of benzene rings is 1. The fourth-order valence-electron chi connectivity index (χ4n) is 1.56. The molecule has 19 heavy (non-hydrogen) atoms. The molecule has 0 aliphatic rings. The van der Waals surface area contributed by atoms with Crippen LogP contribution in [0.15, 0.2) is 42.6 Å². The van der Waals surface area contributed by atoms with Gasteiger partial charge in [-0.2, -0.15) is 0 Å². The van der Waals surface area contributed by atoms with E-state index in [4.69, 9.17) is 9.47 Å². The maximum Gasteiger partial charge on any atom is 0.406 e. The highest BCUT2D eigenvalue weighted by atomic mass is 16.6. The van der Waals surface area contributed by atoms with Crippen LogP contribution in [0, 0.1) is 10.1 Å². The predicted octanol–water partition coefficient (Wildman–Crippen LogP) is 2.58. The molecule has 0 radical (unpaired) electrons. The van der Waals surface area contributed by atoms with Crippen molar-refractivity contribution in [1.82, 2.24) is 4.98 Å². The molecule has 1 heterocycles. The van der Waals surface area contributed by atoms with Crippen molar-refractivity contribution in [3.8, 4) is 11.5 Å². The molecule has 1 aromatic carbocycles. The lowest BCUT2D eigenvalue weighted by Gasteiger charge is -2.07. The monoisotopic (exact) mass is 260 g/mol. The molecule has 0 saturated heterocycles. The van der Waals surface area contributed by atoms with E-state index in [0.29, 0.717) is 5.75 Å². The molecule has 0 amide bonds. The first kappa shape index (κ1) is 12.8. The van der Waals surface area contributed by atoms with Gasteiger partial charge in [0, 0.05) is 0 Å². The summed E-state index contributed by atoms with van der Waals surface area (Å²) < 4.78 is 10.5.